The summed E-state index contributed by atoms with van der Waals surface area (Å²) in [5.41, 5.74) is 1.93. The normalized spacial score (nSPS) is 18.0. The van der Waals surface area contributed by atoms with Gasteiger partial charge in [-0.3, -0.25) is 4.90 Å². The fourth-order valence-electron chi connectivity index (χ4n) is 2.16. The fraction of sp³-hybridized carbons (Fsp3) is 0.571. The van der Waals surface area contributed by atoms with E-state index in [-0.39, 0.29) is 0 Å². The van der Waals surface area contributed by atoms with Crippen molar-refractivity contribution >= 4 is 33.2 Å². The highest BCUT2D eigenvalue weighted by molar-refractivity contribution is 9.10. The van der Waals surface area contributed by atoms with Crippen LogP contribution in [0.4, 0.5) is 5.69 Å². The van der Waals surface area contributed by atoms with Crippen LogP contribution >= 0.6 is 27.5 Å². The Morgan fingerprint density at radius 1 is 1.45 bits per heavy atom. The Bertz CT molecular complexity index is 453. The first-order valence-electron chi connectivity index (χ1n) is 6.74. The van der Waals surface area contributed by atoms with E-state index in [0.29, 0.717) is 13.1 Å². The molecule has 112 valence electrons. The number of aliphatic hydroxyl groups excluding tert-OH is 1. The van der Waals surface area contributed by atoms with Crippen molar-refractivity contribution in [1.29, 1.82) is 0 Å². The van der Waals surface area contributed by atoms with E-state index in [9.17, 15) is 5.11 Å². The molecule has 1 unspecified atom stereocenters. The van der Waals surface area contributed by atoms with Crippen LogP contribution in [0.15, 0.2) is 16.6 Å². The number of β-amino-alcohol motifs (C(OH)–C–C–N with tert-alkyl or cyclic N) is 1. The van der Waals surface area contributed by atoms with E-state index in [1.165, 1.54) is 0 Å². The number of aliphatic hydroxyl groups is 1. The van der Waals surface area contributed by atoms with Crippen LogP contribution in [0.1, 0.15) is 5.56 Å². The van der Waals surface area contributed by atoms with E-state index in [4.69, 9.17) is 16.3 Å². The molecule has 0 aliphatic carbocycles. The fourth-order valence-corrected chi connectivity index (χ4v) is 2.92. The second-order valence-electron chi connectivity index (χ2n) is 5.03. The van der Waals surface area contributed by atoms with E-state index in [1.54, 1.807) is 0 Å². The number of nitrogens with one attached hydrogen (secondary N) is 1. The van der Waals surface area contributed by atoms with Crippen LogP contribution in [0.3, 0.4) is 0 Å². The van der Waals surface area contributed by atoms with Gasteiger partial charge in [0.1, 0.15) is 0 Å². The zero-order valence-corrected chi connectivity index (χ0v) is 13.9. The first-order chi connectivity index (χ1) is 9.56. The van der Waals surface area contributed by atoms with Crippen molar-refractivity contribution in [3.05, 3.63) is 27.2 Å². The predicted molar refractivity (Wildman–Crippen MR) is 85.6 cm³/mol. The van der Waals surface area contributed by atoms with Crippen LogP contribution in [-0.4, -0.2) is 55.5 Å². The maximum absolute atomic E-state index is 10.1. The van der Waals surface area contributed by atoms with Crippen LogP contribution in [0.2, 0.25) is 5.02 Å². The smallest absolute Gasteiger partial charge is 0.0839 e. The molecule has 2 N–H and O–H groups in total. The van der Waals surface area contributed by atoms with Crippen molar-refractivity contribution < 1.29 is 9.84 Å². The van der Waals surface area contributed by atoms with E-state index < -0.39 is 6.10 Å². The van der Waals surface area contributed by atoms with Gasteiger partial charge in [0.25, 0.3) is 0 Å². The lowest BCUT2D eigenvalue weighted by molar-refractivity contribution is 0.0171. The molecule has 1 fully saturated rings. The van der Waals surface area contributed by atoms with Gasteiger partial charge in [-0.1, -0.05) is 11.6 Å². The zero-order chi connectivity index (χ0) is 14.5. The maximum atomic E-state index is 10.1. The number of hydrogen-bond acceptors (Lipinski definition) is 4. The SMILES string of the molecule is Cc1cc(Br)c(NCC(O)CN2CCOCC2)cc1Cl. The molecule has 20 heavy (non-hydrogen) atoms. The number of aryl methyl sites for hydroxylation is 1. The van der Waals surface area contributed by atoms with Gasteiger partial charge in [-0.15, -0.1) is 0 Å². The molecule has 1 saturated heterocycles. The Morgan fingerprint density at radius 2 is 2.15 bits per heavy atom. The number of benzene rings is 1. The van der Waals surface area contributed by atoms with E-state index in [2.05, 4.69) is 26.1 Å². The summed E-state index contributed by atoms with van der Waals surface area (Å²) in [6, 6.07) is 3.85. The summed E-state index contributed by atoms with van der Waals surface area (Å²) in [4.78, 5) is 2.22. The summed E-state index contributed by atoms with van der Waals surface area (Å²) in [6.07, 6.45) is -0.417. The number of nitrogens with zero attached hydrogens (tertiary/aromatic N) is 1. The summed E-state index contributed by atoms with van der Waals surface area (Å²) in [5, 5.41) is 14.0. The quantitative estimate of drug-likeness (QED) is 0.844. The summed E-state index contributed by atoms with van der Waals surface area (Å²) >= 11 is 9.61. The lowest BCUT2D eigenvalue weighted by Crippen LogP contribution is -2.42. The highest BCUT2D eigenvalue weighted by Crippen LogP contribution is 2.29. The third-order valence-corrected chi connectivity index (χ3v) is 4.41. The molecule has 0 spiro atoms. The first-order valence-corrected chi connectivity index (χ1v) is 7.91. The molecule has 1 heterocycles. The molecular weight excluding hydrogens is 344 g/mol. The van der Waals surface area contributed by atoms with Crippen LogP contribution in [-0.2, 0) is 4.74 Å². The number of hydrogen-bond donors (Lipinski definition) is 2. The van der Waals surface area contributed by atoms with Gasteiger partial charge in [0.2, 0.25) is 0 Å². The molecular formula is C14H20BrClN2O2. The minimum atomic E-state index is -0.417. The largest absolute Gasteiger partial charge is 0.390 e. The Kier molecular flexibility index (Phi) is 6.11. The summed E-state index contributed by atoms with van der Waals surface area (Å²) in [7, 11) is 0. The lowest BCUT2D eigenvalue weighted by Gasteiger charge is -2.28. The minimum absolute atomic E-state index is 0.417. The molecule has 4 nitrogen and oxygen atoms in total. The van der Waals surface area contributed by atoms with E-state index in [1.807, 2.05) is 19.1 Å². The number of anilines is 1. The number of halogens is 2. The molecule has 0 saturated carbocycles. The minimum Gasteiger partial charge on any atom is -0.390 e. The molecule has 0 aromatic heterocycles. The average molecular weight is 364 g/mol. The number of rotatable bonds is 5. The summed E-state index contributed by atoms with van der Waals surface area (Å²) < 4.78 is 6.25. The third kappa shape index (κ3) is 4.60. The molecule has 6 heteroatoms. The van der Waals surface area contributed by atoms with Crippen molar-refractivity contribution in [1.82, 2.24) is 4.90 Å². The molecule has 1 aliphatic heterocycles. The molecule has 1 aliphatic rings. The van der Waals surface area contributed by atoms with Gasteiger partial charge in [0, 0.05) is 35.7 Å². The van der Waals surface area contributed by atoms with Gasteiger partial charge < -0.3 is 15.2 Å². The topological polar surface area (TPSA) is 44.7 Å². The van der Waals surface area contributed by atoms with Crippen molar-refractivity contribution in [2.75, 3.05) is 44.7 Å². The van der Waals surface area contributed by atoms with Crippen molar-refractivity contribution in [3.8, 4) is 0 Å². The van der Waals surface area contributed by atoms with Gasteiger partial charge >= 0.3 is 0 Å². The Hall–Kier alpha value is -0.330. The lowest BCUT2D eigenvalue weighted by atomic mass is 10.2. The molecule has 0 bridgehead atoms. The Labute approximate surface area is 133 Å². The van der Waals surface area contributed by atoms with Gasteiger partial charge in [0.05, 0.1) is 25.0 Å². The van der Waals surface area contributed by atoms with Crippen molar-refractivity contribution in [2.24, 2.45) is 0 Å². The van der Waals surface area contributed by atoms with Gasteiger partial charge in [0.15, 0.2) is 0 Å². The highest BCUT2D eigenvalue weighted by atomic mass is 79.9. The standard InChI is InChI=1S/C14H20BrClN2O2/c1-10-6-12(15)14(7-13(10)16)17-8-11(19)9-18-2-4-20-5-3-18/h6-7,11,17,19H,2-5,8-9H2,1H3. The second kappa shape index (κ2) is 7.61. The van der Waals surface area contributed by atoms with Crippen LogP contribution in [0, 0.1) is 6.92 Å². The van der Waals surface area contributed by atoms with Gasteiger partial charge in [-0.25, -0.2) is 0 Å². The van der Waals surface area contributed by atoms with Crippen molar-refractivity contribution in [3.63, 3.8) is 0 Å². The zero-order valence-electron chi connectivity index (χ0n) is 11.5. The van der Waals surface area contributed by atoms with Crippen LogP contribution < -0.4 is 5.32 Å². The maximum Gasteiger partial charge on any atom is 0.0839 e. The average Bonchev–Trinajstić information content (AvgIpc) is 2.42. The van der Waals surface area contributed by atoms with Crippen LogP contribution in [0.25, 0.3) is 0 Å². The predicted octanol–water partition coefficient (Wildman–Crippen LogP) is 2.52. The summed E-state index contributed by atoms with van der Waals surface area (Å²) in [5.74, 6) is 0. The molecule has 1 aromatic rings. The molecule has 0 amide bonds. The van der Waals surface area contributed by atoms with Crippen molar-refractivity contribution in [2.45, 2.75) is 13.0 Å². The van der Waals surface area contributed by atoms with E-state index >= 15 is 0 Å². The van der Waals surface area contributed by atoms with Gasteiger partial charge in [-0.2, -0.15) is 0 Å². The van der Waals surface area contributed by atoms with Crippen LogP contribution in [0.5, 0.6) is 0 Å². The second-order valence-corrected chi connectivity index (χ2v) is 6.29. The number of morpholine rings is 1. The monoisotopic (exact) mass is 362 g/mol. The highest BCUT2D eigenvalue weighted by Gasteiger charge is 2.15. The molecule has 1 aromatic carbocycles. The third-order valence-electron chi connectivity index (χ3n) is 3.35. The molecule has 2 rings (SSSR count). The Morgan fingerprint density at radius 3 is 2.85 bits per heavy atom. The first kappa shape index (κ1) is 16.0. The summed E-state index contributed by atoms with van der Waals surface area (Å²) in [6.45, 7) is 6.39. The Balaban J connectivity index is 1.83. The number of ether oxygens (including phenoxy) is 1. The molecule has 0 radical (unpaired) electrons. The molecule has 1 atom stereocenters. The van der Waals surface area contributed by atoms with Gasteiger partial charge in [-0.05, 0) is 40.5 Å². The van der Waals surface area contributed by atoms with E-state index in [0.717, 1.165) is 47.0 Å².